The Hall–Kier alpha value is -3.69. The third kappa shape index (κ3) is 5.27. The number of hydrogen-bond acceptors (Lipinski definition) is 6. The molecule has 3 aromatic carbocycles. The number of sulfonamides is 1. The van der Waals surface area contributed by atoms with E-state index in [9.17, 15) is 18.0 Å². The number of benzene rings is 3. The van der Waals surface area contributed by atoms with Gasteiger partial charge < -0.3 is 14.4 Å². The fourth-order valence-electron chi connectivity index (χ4n) is 4.28. The summed E-state index contributed by atoms with van der Waals surface area (Å²) in [4.78, 5) is 27.9. The van der Waals surface area contributed by atoms with Crippen LogP contribution in [0.5, 0.6) is 5.75 Å². The van der Waals surface area contributed by atoms with Gasteiger partial charge in [-0.15, -0.1) is 0 Å². The number of carbonyl (C=O) groups excluding carboxylic acids is 2. The van der Waals surface area contributed by atoms with Crippen LogP contribution in [0.1, 0.15) is 17.5 Å². The van der Waals surface area contributed by atoms with Gasteiger partial charge in [0.05, 0.1) is 25.7 Å². The van der Waals surface area contributed by atoms with Crippen molar-refractivity contribution in [3.05, 3.63) is 90.0 Å². The van der Waals surface area contributed by atoms with Crippen molar-refractivity contribution in [1.29, 1.82) is 0 Å². The maximum Gasteiger partial charge on any atom is 0.326 e. The first-order chi connectivity index (χ1) is 17.3. The molecule has 3 aromatic rings. The van der Waals surface area contributed by atoms with Crippen molar-refractivity contribution in [2.75, 3.05) is 25.7 Å². The highest BCUT2D eigenvalue weighted by atomic mass is 32.2. The zero-order valence-corrected chi connectivity index (χ0v) is 21.0. The third-order valence-electron chi connectivity index (χ3n) is 6.22. The largest absolute Gasteiger partial charge is 0.497 e. The van der Waals surface area contributed by atoms with E-state index in [4.69, 9.17) is 9.47 Å². The Morgan fingerprint density at radius 1 is 0.917 bits per heavy atom. The molecule has 0 saturated heterocycles. The topological polar surface area (TPSA) is 93.2 Å². The summed E-state index contributed by atoms with van der Waals surface area (Å²) < 4.78 is 38.7. The van der Waals surface area contributed by atoms with Gasteiger partial charge in [-0.1, -0.05) is 48.5 Å². The lowest BCUT2D eigenvalue weighted by molar-refractivity contribution is -0.145. The first-order valence-electron chi connectivity index (χ1n) is 11.5. The zero-order chi connectivity index (χ0) is 25.7. The van der Waals surface area contributed by atoms with Crippen LogP contribution in [0, 0.1) is 0 Å². The number of hydrogen-bond donors (Lipinski definition) is 0. The van der Waals surface area contributed by atoms with Gasteiger partial charge in [0.15, 0.2) is 0 Å². The summed E-state index contributed by atoms with van der Waals surface area (Å²) in [5.74, 6) is -0.431. The number of para-hydroxylation sites is 1. The van der Waals surface area contributed by atoms with Crippen molar-refractivity contribution >= 4 is 27.6 Å². The minimum Gasteiger partial charge on any atom is -0.497 e. The molecule has 0 aliphatic carbocycles. The van der Waals surface area contributed by atoms with Gasteiger partial charge in [-0.05, 0) is 47.9 Å². The van der Waals surface area contributed by atoms with E-state index in [0.717, 1.165) is 9.87 Å². The lowest BCUT2D eigenvalue weighted by atomic mass is 10.1. The third-order valence-corrected chi connectivity index (χ3v) is 8.09. The van der Waals surface area contributed by atoms with Crippen molar-refractivity contribution in [2.24, 2.45) is 0 Å². The predicted octanol–water partition coefficient (Wildman–Crippen LogP) is 3.41. The van der Waals surface area contributed by atoms with Crippen LogP contribution in [0.2, 0.25) is 0 Å². The molecular weight excluding hydrogens is 480 g/mol. The number of ether oxygens (including phenoxy) is 2. The normalized spacial score (nSPS) is 16.1. The van der Waals surface area contributed by atoms with Gasteiger partial charge in [0.25, 0.3) is 0 Å². The molecule has 1 unspecified atom stereocenters. The number of fused-ring (bicyclic) bond motifs is 1. The summed E-state index contributed by atoms with van der Waals surface area (Å²) in [6.45, 7) is -0.251. The summed E-state index contributed by atoms with van der Waals surface area (Å²) >= 11 is 0. The molecule has 0 radical (unpaired) electrons. The standard InChI is InChI=1S/C27H28N2O6S/c1-34-22-13-15-23(16-14-22)36(32,33)29-18-21-10-6-7-11-24(21)28(19-25(29)27(31)35-2)26(30)17-12-20-8-4-3-5-9-20/h3-11,13-16,25H,12,17-19H2,1-2H3. The van der Waals surface area contributed by atoms with E-state index in [1.165, 1.54) is 31.3 Å². The second-order valence-electron chi connectivity index (χ2n) is 8.38. The Morgan fingerprint density at radius 2 is 1.58 bits per heavy atom. The van der Waals surface area contributed by atoms with Crippen LogP contribution >= 0.6 is 0 Å². The molecule has 4 rings (SSSR count). The molecule has 8 nitrogen and oxygen atoms in total. The van der Waals surface area contributed by atoms with E-state index in [0.29, 0.717) is 23.4 Å². The molecule has 0 fully saturated rings. The van der Waals surface area contributed by atoms with Crippen molar-refractivity contribution in [1.82, 2.24) is 4.31 Å². The predicted molar refractivity (Wildman–Crippen MR) is 135 cm³/mol. The van der Waals surface area contributed by atoms with Crippen LogP contribution in [0.4, 0.5) is 5.69 Å². The summed E-state index contributed by atoms with van der Waals surface area (Å²) in [6, 6.07) is 21.5. The van der Waals surface area contributed by atoms with Crippen LogP contribution in [-0.4, -0.2) is 51.4 Å². The summed E-state index contributed by atoms with van der Waals surface area (Å²) in [6.07, 6.45) is 0.729. The first kappa shape index (κ1) is 25.4. The molecule has 0 bridgehead atoms. The van der Waals surface area contributed by atoms with Gasteiger partial charge in [0.2, 0.25) is 15.9 Å². The molecular formula is C27H28N2O6S. The minimum atomic E-state index is -4.12. The zero-order valence-electron chi connectivity index (χ0n) is 20.2. The van der Waals surface area contributed by atoms with Crippen LogP contribution in [-0.2, 0) is 37.3 Å². The average molecular weight is 509 g/mol. The molecule has 188 valence electrons. The maximum absolute atomic E-state index is 13.7. The second kappa shape index (κ2) is 10.9. The number of rotatable bonds is 7. The molecule has 0 N–H and O–H groups in total. The number of nitrogens with zero attached hydrogens (tertiary/aromatic N) is 2. The lowest BCUT2D eigenvalue weighted by Gasteiger charge is -2.29. The molecule has 0 spiro atoms. The summed E-state index contributed by atoms with van der Waals surface area (Å²) in [5, 5.41) is 0. The van der Waals surface area contributed by atoms with Crippen LogP contribution in [0.25, 0.3) is 0 Å². The van der Waals surface area contributed by atoms with Crippen LogP contribution in [0.15, 0.2) is 83.8 Å². The molecule has 0 saturated carbocycles. The Kier molecular flexibility index (Phi) is 7.71. The second-order valence-corrected chi connectivity index (χ2v) is 10.3. The van der Waals surface area contributed by atoms with E-state index in [2.05, 4.69) is 0 Å². The molecule has 9 heteroatoms. The van der Waals surface area contributed by atoms with Gasteiger partial charge in [0.1, 0.15) is 11.8 Å². The Balaban J connectivity index is 1.71. The Bertz CT molecular complexity index is 1330. The quantitative estimate of drug-likeness (QED) is 0.454. The molecule has 36 heavy (non-hydrogen) atoms. The molecule has 1 atom stereocenters. The van der Waals surface area contributed by atoms with Gasteiger partial charge >= 0.3 is 5.97 Å². The van der Waals surface area contributed by atoms with E-state index in [1.807, 2.05) is 30.3 Å². The Labute approximate surface area is 211 Å². The van der Waals surface area contributed by atoms with Crippen molar-refractivity contribution in [2.45, 2.75) is 30.3 Å². The highest BCUT2D eigenvalue weighted by molar-refractivity contribution is 7.89. The molecule has 1 amide bonds. The summed E-state index contributed by atoms with van der Waals surface area (Å²) in [5.41, 5.74) is 2.22. The molecule has 1 aliphatic heterocycles. The number of aryl methyl sites for hydroxylation is 1. The summed E-state index contributed by atoms with van der Waals surface area (Å²) in [7, 11) is -1.42. The van der Waals surface area contributed by atoms with E-state index in [1.54, 1.807) is 36.4 Å². The SMILES string of the molecule is COC(=O)C1CN(C(=O)CCc2ccccc2)c2ccccc2CN1S(=O)(=O)c1ccc(OC)cc1. The number of methoxy groups -OCH3 is 2. The highest BCUT2D eigenvalue weighted by Gasteiger charge is 2.42. The maximum atomic E-state index is 13.7. The van der Waals surface area contributed by atoms with Crippen molar-refractivity contribution < 1.29 is 27.5 Å². The van der Waals surface area contributed by atoms with Crippen LogP contribution < -0.4 is 9.64 Å². The molecule has 0 aromatic heterocycles. The lowest BCUT2D eigenvalue weighted by Crippen LogP contribution is -2.50. The van der Waals surface area contributed by atoms with Crippen molar-refractivity contribution in [3.8, 4) is 5.75 Å². The number of esters is 1. The van der Waals surface area contributed by atoms with Crippen molar-refractivity contribution in [3.63, 3.8) is 0 Å². The number of carbonyl (C=O) groups is 2. The first-order valence-corrected chi connectivity index (χ1v) is 12.9. The average Bonchev–Trinajstić information content (AvgIpc) is 3.10. The number of anilines is 1. The highest BCUT2D eigenvalue weighted by Crippen LogP contribution is 2.32. The van der Waals surface area contributed by atoms with E-state index >= 15 is 0 Å². The Morgan fingerprint density at radius 3 is 2.25 bits per heavy atom. The number of amides is 1. The van der Waals surface area contributed by atoms with Gasteiger partial charge in [0, 0.05) is 18.7 Å². The van der Waals surface area contributed by atoms with Gasteiger partial charge in [-0.2, -0.15) is 4.31 Å². The monoisotopic (exact) mass is 508 g/mol. The molecule has 1 heterocycles. The fraction of sp³-hybridized carbons (Fsp3) is 0.259. The van der Waals surface area contributed by atoms with E-state index < -0.39 is 22.0 Å². The van der Waals surface area contributed by atoms with Gasteiger partial charge in [-0.25, -0.2) is 8.42 Å². The molecule has 1 aliphatic rings. The smallest absolute Gasteiger partial charge is 0.326 e. The minimum absolute atomic E-state index is 0.0125. The van der Waals surface area contributed by atoms with Crippen LogP contribution in [0.3, 0.4) is 0 Å². The van der Waals surface area contributed by atoms with Gasteiger partial charge in [-0.3, -0.25) is 9.59 Å². The van der Waals surface area contributed by atoms with E-state index in [-0.39, 0.29) is 30.3 Å². The fourth-order valence-corrected chi connectivity index (χ4v) is 5.83.